The van der Waals surface area contributed by atoms with Gasteiger partial charge in [0.15, 0.2) is 5.16 Å². The van der Waals surface area contributed by atoms with Crippen LogP contribution in [0.4, 0.5) is 5.82 Å². The average molecular weight is 487 g/mol. The molecule has 0 radical (unpaired) electrons. The molecule has 0 unspecified atom stereocenters. The third kappa shape index (κ3) is 5.27. The van der Waals surface area contributed by atoms with Crippen LogP contribution in [0.1, 0.15) is 4.88 Å². The van der Waals surface area contributed by atoms with Crippen LogP contribution >= 0.6 is 23.1 Å². The van der Waals surface area contributed by atoms with Gasteiger partial charge in [0.05, 0.1) is 17.1 Å². The molecule has 5 rings (SSSR count). The highest BCUT2D eigenvalue weighted by molar-refractivity contribution is 7.99. The standard InChI is InChI=1S/C25H22N6OS2/c32-24(17-34-25-28-26-18-30(25)14-13-21-12-7-15-33-21)27-23-16-22(19-8-3-1-4-9-19)29-31(23)20-10-5-2-6-11-20/h1-12,15-16,18H,13-14,17H2,(H,27,32). The van der Waals surface area contributed by atoms with E-state index < -0.39 is 0 Å². The Balaban J connectivity index is 1.28. The van der Waals surface area contributed by atoms with E-state index in [0.29, 0.717) is 5.82 Å². The summed E-state index contributed by atoms with van der Waals surface area (Å²) in [5.74, 6) is 0.711. The number of rotatable bonds is 9. The van der Waals surface area contributed by atoms with E-state index in [1.165, 1.54) is 16.6 Å². The van der Waals surface area contributed by atoms with Gasteiger partial charge in [0.1, 0.15) is 12.1 Å². The van der Waals surface area contributed by atoms with E-state index in [1.807, 2.05) is 71.3 Å². The van der Waals surface area contributed by atoms with Gasteiger partial charge in [0.2, 0.25) is 5.91 Å². The number of hydrogen-bond donors (Lipinski definition) is 1. The van der Waals surface area contributed by atoms with Gasteiger partial charge in [-0.2, -0.15) is 5.10 Å². The Hall–Kier alpha value is -3.69. The Labute approximate surface area is 205 Å². The molecular weight excluding hydrogens is 464 g/mol. The van der Waals surface area contributed by atoms with Crippen LogP contribution < -0.4 is 5.32 Å². The highest BCUT2D eigenvalue weighted by atomic mass is 32.2. The first-order chi connectivity index (χ1) is 16.8. The number of aryl methyl sites for hydroxylation is 2. The van der Waals surface area contributed by atoms with Crippen molar-refractivity contribution >= 4 is 34.8 Å². The molecule has 1 N–H and O–H groups in total. The van der Waals surface area contributed by atoms with Crippen LogP contribution in [0.2, 0.25) is 0 Å². The number of anilines is 1. The van der Waals surface area contributed by atoms with Crippen LogP contribution in [0.15, 0.2) is 95.7 Å². The lowest BCUT2D eigenvalue weighted by molar-refractivity contribution is -0.113. The topological polar surface area (TPSA) is 77.6 Å². The summed E-state index contributed by atoms with van der Waals surface area (Å²) in [4.78, 5) is 14.2. The second-order valence-corrected chi connectivity index (χ2v) is 9.48. The molecule has 34 heavy (non-hydrogen) atoms. The van der Waals surface area contributed by atoms with E-state index in [1.54, 1.807) is 22.3 Å². The van der Waals surface area contributed by atoms with Gasteiger partial charge in [0, 0.05) is 23.1 Å². The Kier molecular flexibility index (Phi) is 6.83. The van der Waals surface area contributed by atoms with E-state index >= 15 is 0 Å². The number of amides is 1. The number of aromatic nitrogens is 5. The summed E-state index contributed by atoms with van der Waals surface area (Å²) in [6.45, 7) is 0.776. The Bertz CT molecular complexity index is 1350. The Morgan fingerprint density at radius 2 is 1.79 bits per heavy atom. The third-order valence-corrected chi connectivity index (χ3v) is 7.06. The quantitative estimate of drug-likeness (QED) is 0.291. The second kappa shape index (κ2) is 10.5. The minimum atomic E-state index is -0.130. The minimum Gasteiger partial charge on any atom is -0.310 e. The number of benzene rings is 2. The first kappa shape index (κ1) is 22.1. The maximum atomic E-state index is 12.9. The molecule has 0 saturated carbocycles. The van der Waals surface area contributed by atoms with Crippen molar-refractivity contribution in [3.8, 4) is 16.9 Å². The summed E-state index contributed by atoms with van der Waals surface area (Å²) in [5, 5.41) is 18.8. The van der Waals surface area contributed by atoms with E-state index in [2.05, 4.69) is 33.0 Å². The summed E-state index contributed by atoms with van der Waals surface area (Å²) in [6, 6.07) is 25.8. The fourth-order valence-corrected chi connectivity index (χ4v) is 4.93. The van der Waals surface area contributed by atoms with Crippen molar-refractivity contribution in [2.75, 3.05) is 11.1 Å². The highest BCUT2D eigenvalue weighted by Crippen LogP contribution is 2.25. The van der Waals surface area contributed by atoms with Gasteiger partial charge in [-0.25, -0.2) is 4.68 Å². The summed E-state index contributed by atoms with van der Waals surface area (Å²) < 4.78 is 3.74. The van der Waals surface area contributed by atoms with Gasteiger partial charge in [-0.1, -0.05) is 66.4 Å². The van der Waals surface area contributed by atoms with Gasteiger partial charge in [-0.15, -0.1) is 21.5 Å². The number of nitrogens with zero attached hydrogens (tertiary/aromatic N) is 5. The molecule has 1 amide bonds. The van der Waals surface area contributed by atoms with Crippen molar-refractivity contribution in [1.82, 2.24) is 24.5 Å². The summed E-state index contributed by atoms with van der Waals surface area (Å²) in [7, 11) is 0. The lowest BCUT2D eigenvalue weighted by atomic mass is 10.2. The lowest BCUT2D eigenvalue weighted by Crippen LogP contribution is -2.17. The highest BCUT2D eigenvalue weighted by Gasteiger charge is 2.15. The van der Waals surface area contributed by atoms with Crippen molar-refractivity contribution in [1.29, 1.82) is 0 Å². The zero-order chi connectivity index (χ0) is 23.2. The fraction of sp³-hybridized carbons (Fsp3) is 0.120. The third-order valence-electron chi connectivity index (χ3n) is 5.14. The Morgan fingerprint density at radius 3 is 2.56 bits per heavy atom. The summed E-state index contributed by atoms with van der Waals surface area (Å²) >= 11 is 3.11. The molecule has 0 saturated heterocycles. The van der Waals surface area contributed by atoms with Crippen LogP contribution in [0.25, 0.3) is 16.9 Å². The van der Waals surface area contributed by atoms with E-state index in [9.17, 15) is 4.79 Å². The van der Waals surface area contributed by atoms with Gasteiger partial charge in [-0.3, -0.25) is 4.79 Å². The monoisotopic (exact) mass is 486 g/mol. The second-order valence-electron chi connectivity index (χ2n) is 7.50. The molecule has 0 spiro atoms. The molecule has 5 aromatic rings. The predicted molar refractivity (Wildman–Crippen MR) is 136 cm³/mol. The summed E-state index contributed by atoms with van der Waals surface area (Å²) in [6.07, 6.45) is 2.62. The molecule has 3 heterocycles. The molecule has 0 aliphatic rings. The number of hydrogen-bond acceptors (Lipinski definition) is 6. The first-order valence-corrected chi connectivity index (χ1v) is 12.7. The van der Waals surface area contributed by atoms with Gasteiger partial charge < -0.3 is 9.88 Å². The maximum absolute atomic E-state index is 12.9. The van der Waals surface area contributed by atoms with Gasteiger partial charge in [-0.05, 0) is 30.0 Å². The number of para-hydroxylation sites is 1. The molecule has 0 aliphatic carbocycles. The number of carbonyl (C=O) groups is 1. The molecule has 0 atom stereocenters. The first-order valence-electron chi connectivity index (χ1n) is 10.8. The average Bonchev–Trinajstić information content (AvgIpc) is 3.64. The zero-order valence-corrected chi connectivity index (χ0v) is 19.9. The van der Waals surface area contributed by atoms with Crippen LogP contribution in [0, 0.1) is 0 Å². The van der Waals surface area contributed by atoms with Crippen LogP contribution in [-0.4, -0.2) is 36.2 Å². The Morgan fingerprint density at radius 1 is 1.00 bits per heavy atom. The maximum Gasteiger partial charge on any atom is 0.236 e. The molecule has 0 fully saturated rings. The SMILES string of the molecule is O=C(CSc1nncn1CCc1cccs1)Nc1cc(-c2ccccc2)nn1-c1ccccc1. The molecule has 0 bridgehead atoms. The van der Waals surface area contributed by atoms with Gasteiger partial charge >= 0.3 is 0 Å². The zero-order valence-electron chi connectivity index (χ0n) is 18.2. The van der Waals surface area contributed by atoms with Crippen molar-refractivity contribution in [3.63, 3.8) is 0 Å². The van der Waals surface area contributed by atoms with Crippen molar-refractivity contribution in [3.05, 3.63) is 95.4 Å². The number of nitrogens with one attached hydrogen (secondary N) is 1. The van der Waals surface area contributed by atoms with Gasteiger partial charge in [0.25, 0.3) is 0 Å². The number of carbonyl (C=O) groups excluding carboxylic acids is 1. The van der Waals surface area contributed by atoms with Crippen molar-refractivity contribution in [2.24, 2.45) is 0 Å². The molecule has 170 valence electrons. The van der Waals surface area contributed by atoms with Crippen molar-refractivity contribution < 1.29 is 4.79 Å². The normalized spacial score (nSPS) is 10.9. The molecule has 3 aromatic heterocycles. The molecule has 2 aromatic carbocycles. The van der Waals surface area contributed by atoms with E-state index in [4.69, 9.17) is 5.10 Å². The molecule has 7 nitrogen and oxygen atoms in total. The van der Waals surface area contributed by atoms with Crippen LogP contribution in [-0.2, 0) is 17.8 Å². The molecule has 9 heteroatoms. The lowest BCUT2D eigenvalue weighted by Gasteiger charge is -2.09. The fourth-order valence-electron chi connectivity index (χ4n) is 3.49. The molecule has 0 aliphatic heterocycles. The minimum absolute atomic E-state index is 0.130. The predicted octanol–water partition coefficient (Wildman–Crippen LogP) is 5.17. The van der Waals surface area contributed by atoms with Crippen molar-refractivity contribution in [2.45, 2.75) is 18.1 Å². The largest absolute Gasteiger partial charge is 0.310 e. The van der Waals surface area contributed by atoms with E-state index in [0.717, 1.165) is 35.1 Å². The van der Waals surface area contributed by atoms with Crippen LogP contribution in [0.3, 0.4) is 0 Å². The van der Waals surface area contributed by atoms with Crippen LogP contribution in [0.5, 0.6) is 0 Å². The van der Waals surface area contributed by atoms with E-state index in [-0.39, 0.29) is 11.7 Å². The smallest absolute Gasteiger partial charge is 0.236 e. The summed E-state index contributed by atoms with van der Waals surface area (Å²) in [5.41, 5.74) is 2.66. The number of thioether (sulfide) groups is 1. The molecular formula is C25H22N6OS2. The number of thiophene rings is 1.